The quantitative estimate of drug-likeness (QED) is 0.753. The fraction of sp³-hybridized carbons (Fsp3) is 0.294. The number of hydrogen-bond acceptors (Lipinski definition) is 4. The first kappa shape index (κ1) is 15.8. The van der Waals surface area contributed by atoms with Crippen molar-refractivity contribution in [3.63, 3.8) is 0 Å². The number of aliphatic hydroxyl groups excluding tert-OH is 1. The Labute approximate surface area is 140 Å². The van der Waals surface area contributed by atoms with Crippen LogP contribution in [0, 0.1) is 5.92 Å². The summed E-state index contributed by atoms with van der Waals surface area (Å²) in [6.07, 6.45) is 3.48. The van der Waals surface area contributed by atoms with Crippen molar-refractivity contribution in [2.75, 3.05) is 25.1 Å². The van der Waals surface area contributed by atoms with Crippen LogP contribution >= 0.6 is 11.6 Å². The van der Waals surface area contributed by atoms with Crippen LogP contribution in [0.15, 0.2) is 36.8 Å². The maximum atomic E-state index is 9.29. The average molecular weight is 331 g/mol. The largest absolute Gasteiger partial charge is 0.396 e. The Morgan fingerprint density at radius 3 is 2.91 bits per heavy atom. The third kappa shape index (κ3) is 3.16. The number of nitrogens with zero attached hydrogens (tertiary/aromatic N) is 3. The molecule has 2 N–H and O–H groups in total. The predicted molar refractivity (Wildman–Crippen MR) is 93.9 cm³/mol. The van der Waals surface area contributed by atoms with Gasteiger partial charge < -0.3 is 15.0 Å². The molecule has 3 rings (SSSR count). The van der Waals surface area contributed by atoms with Gasteiger partial charge in [-0.3, -0.25) is 0 Å². The summed E-state index contributed by atoms with van der Waals surface area (Å²) in [5, 5.41) is 10.9. The van der Waals surface area contributed by atoms with Gasteiger partial charge in [-0.05, 0) is 23.6 Å². The second kappa shape index (κ2) is 6.56. The fourth-order valence-corrected chi connectivity index (χ4v) is 2.92. The Hall–Kier alpha value is -2.11. The SMILES string of the molecule is CC(CO)CN(C)c1ncnc2[nH]cc(-c3cccc(Cl)c3)c12. The minimum absolute atomic E-state index is 0.146. The molecule has 0 fully saturated rings. The summed E-state index contributed by atoms with van der Waals surface area (Å²) in [6.45, 7) is 2.86. The number of H-pyrrole nitrogens is 1. The summed E-state index contributed by atoms with van der Waals surface area (Å²) in [7, 11) is 1.97. The molecule has 23 heavy (non-hydrogen) atoms. The van der Waals surface area contributed by atoms with Gasteiger partial charge in [0, 0.05) is 37.0 Å². The van der Waals surface area contributed by atoms with Crippen molar-refractivity contribution in [2.45, 2.75) is 6.92 Å². The number of rotatable bonds is 5. The molecule has 0 aliphatic carbocycles. The van der Waals surface area contributed by atoms with Crippen molar-refractivity contribution in [1.82, 2.24) is 15.0 Å². The van der Waals surface area contributed by atoms with Crippen LogP contribution in [0.2, 0.25) is 5.02 Å². The topological polar surface area (TPSA) is 65.0 Å². The van der Waals surface area contributed by atoms with Crippen molar-refractivity contribution in [2.24, 2.45) is 5.92 Å². The highest BCUT2D eigenvalue weighted by Gasteiger charge is 2.17. The minimum Gasteiger partial charge on any atom is -0.396 e. The molecule has 0 spiro atoms. The molecule has 1 atom stereocenters. The number of halogens is 1. The lowest BCUT2D eigenvalue weighted by molar-refractivity contribution is 0.240. The maximum absolute atomic E-state index is 9.29. The first-order chi connectivity index (χ1) is 11.1. The Bertz CT molecular complexity index is 817. The molecule has 0 radical (unpaired) electrons. The lowest BCUT2D eigenvalue weighted by Crippen LogP contribution is -2.26. The first-order valence-corrected chi connectivity index (χ1v) is 7.88. The number of nitrogens with one attached hydrogen (secondary N) is 1. The summed E-state index contributed by atoms with van der Waals surface area (Å²) >= 11 is 6.12. The Kier molecular flexibility index (Phi) is 4.50. The van der Waals surface area contributed by atoms with Gasteiger partial charge in [-0.1, -0.05) is 30.7 Å². The lowest BCUT2D eigenvalue weighted by Gasteiger charge is -2.22. The summed E-state index contributed by atoms with van der Waals surface area (Å²) in [6, 6.07) is 7.73. The van der Waals surface area contributed by atoms with E-state index in [0.717, 1.165) is 28.0 Å². The smallest absolute Gasteiger partial charge is 0.143 e. The molecule has 1 unspecified atom stereocenters. The molecule has 3 aromatic rings. The van der Waals surface area contributed by atoms with Gasteiger partial charge in [-0.15, -0.1) is 0 Å². The predicted octanol–water partition coefficient (Wildman–Crippen LogP) is 3.34. The van der Waals surface area contributed by atoms with E-state index >= 15 is 0 Å². The van der Waals surface area contributed by atoms with Gasteiger partial charge in [0.15, 0.2) is 0 Å². The van der Waals surface area contributed by atoms with Crippen molar-refractivity contribution < 1.29 is 5.11 Å². The van der Waals surface area contributed by atoms with E-state index in [-0.39, 0.29) is 12.5 Å². The highest BCUT2D eigenvalue weighted by molar-refractivity contribution is 6.31. The number of benzene rings is 1. The van der Waals surface area contributed by atoms with Gasteiger partial charge in [0.2, 0.25) is 0 Å². The summed E-state index contributed by atoms with van der Waals surface area (Å²) in [5.74, 6) is 1.00. The van der Waals surface area contributed by atoms with Gasteiger partial charge in [0.1, 0.15) is 17.8 Å². The van der Waals surface area contributed by atoms with E-state index in [1.807, 2.05) is 49.3 Å². The molecule has 5 nitrogen and oxygen atoms in total. The molecule has 0 aliphatic rings. The van der Waals surface area contributed by atoms with Gasteiger partial charge in [-0.25, -0.2) is 9.97 Å². The van der Waals surface area contributed by atoms with Crippen LogP contribution in [0.5, 0.6) is 0 Å². The summed E-state index contributed by atoms with van der Waals surface area (Å²) < 4.78 is 0. The number of aromatic nitrogens is 3. The molecule has 0 saturated heterocycles. The molecule has 0 saturated carbocycles. The van der Waals surface area contributed by atoms with E-state index in [1.165, 1.54) is 0 Å². The van der Waals surface area contributed by atoms with Crippen molar-refractivity contribution in [3.8, 4) is 11.1 Å². The van der Waals surface area contributed by atoms with Gasteiger partial charge >= 0.3 is 0 Å². The van der Waals surface area contributed by atoms with Crippen LogP contribution in [0.25, 0.3) is 22.2 Å². The number of anilines is 1. The Balaban J connectivity index is 2.11. The van der Waals surface area contributed by atoms with E-state index in [2.05, 4.69) is 15.0 Å². The van der Waals surface area contributed by atoms with Crippen molar-refractivity contribution >= 4 is 28.5 Å². The van der Waals surface area contributed by atoms with Gasteiger partial charge in [0.05, 0.1) is 5.39 Å². The molecule has 6 heteroatoms. The summed E-state index contributed by atoms with van der Waals surface area (Å²) in [4.78, 5) is 14.0. The zero-order valence-corrected chi connectivity index (χ0v) is 13.9. The highest BCUT2D eigenvalue weighted by atomic mass is 35.5. The molecule has 0 amide bonds. The standard InChI is InChI=1S/C17H19ClN4O/c1-11(9-23)8-22(2)17-15-14(7-19-16(15)20-10-21-17)12-4-3-5-13(18)6-12/h3-7,10-11,23H,8-9H2,1-2H3,(H,19,20,21). The van der Waals surface area contributed by atoms with Crippen LogP contribution in [0.3, 0.4) is 0 Å². The number of hydrogen-bond donors (Lipinski definition) is 2. The normalized spacial score (nSPS) is 12.5. The van der Waals surface area contributed by atoms with Crippen LogP contribution in [0.4, 0.5) is 5.82 Å². The number of aromatic amines is 1. The fourth-order valence-electron chi connectivity index (χ4n) is 2.73. The van der Waals surface area contributed by atoms with Crippen LogP contribution in [-0.2, 0) is 0 Å². The Morgan fingerprint density at radius 2 is 2.17 bits per heavy atom. The van der Waals surface area contributed by atoms with Crippen LogP contribution < -0.4 is 4.90 Å². The monoisotopic (exact) mass is 330 g/mol. The highest BCUT2D eigenvalue weighted by Crippen LogP contribution is 2.34. The minimum atomic E-state index is 0.146. The number of aliphatic hydroxyl groups is 1. The maximum Gasteiger partial charge on any atom is 0.143 e. The van der Waals surface area contributed by atoms with Crippen LogP contribution in [0.1, 0.15) is 6.92 Å². The molecule has 0 bridgehead atoms. The van der Waals surface area contributed by atoms with Gasteiger partial charge in [0.25, 0.3) is 0 Å². The third-order valence-electron chi connectivity index (χ3n) is 3.84. The molecule has 120 valence electrons. The summed E-state index contributed by atoms with van der Waals surface area (Å²) in [5.41, 5.74) is 2.82. The average Bonchev–Trinajstić information content (AvgIpc) is 2.98. The van der Waals surface area contributed by atoms with E-state index < -0.39 is 0 Å². The first-order valence-electron chi connectivity index (χ1n) is 7.50. The molecule has 0 aliphatic heterocycles. The lowest BCUT2D eigenvalue weighted by atomic mass is 10.1. The molecule has 2 aromatic heterocycles. The number of fused-ring (bicyclic) bond motifs is 1. The second-order valence-corrected chi connectivity index (χ2v) is 6.24. The Morgan fingerprint density at radius 1 is 1.35 bits per heavy atom. The van der Waals surface area contributed by atoms with E-state index in [9.17, 15) is 5.11 Å². The molecule has 1 aromatic carbocycles. The molecular formula is C17H19ClN4O. The second-order valence-electron chi connectivity index (χ2n) is 5.80. The van der Waals surface area contributed by atoms with E-state index in [1.54, 1.807) is 6.33 Å². The molecular weight excluding hydrogens is 312 g/mol. The van der Waals surface area contributed by atoms with Crippen molar-refractivity contribution in [1.29, 1.82) is 0 Å². The van der Waals surface area contributed by atoms with E-state index in [0.29, 0.717) is 11.6 Å². The van der Waals surface area contributed by atoms with Crippen LogP contribution in [-0.4, -0.2) is 40.3 Å². The van der Waals surface area contributed by atoms with Crippen molar-refractivity contribution in [3.05, 3.63) is 41.8 Å². The zero-order valence-electron chi connectivity index (χ0n) is 13.1. The zero-order chi connectivity index (χ0) is 16.4. The third-order valence-corrected chi connectivity index (χ3v) is 4.08. The van der Waals surface area contributed by atoms with E-state index in [4.69, 9.17) is 11.6 Å². The molecule has 2 heterocycles. The van der Waals surface area contributed by atoms with Gasteiger partial charge in [-0.2, -0.15) is 0 Å².